The minimum atomic E-state index is -0.0711. The lowest BCUT2D eigenvalue weighted by Crippen LogP contribution is -2.40. The molecule has 6 nitrogen and oxygen atoms in total. The van der Waals surface area contributed by atoms with Gasteiger partial charge in [0.15, 0.2) is 0 Å². The fourth-order valence-corrected chi connectivity index (χ4v) is 0.971. The van der Waals surface area contributed by atoms with Crippen LogP contribution in [0, 0.1) is 0 Å². The van der Waals surface area contributed by atoms with E-state index in [1.54, 1.807) is 19.0 Å². The molecule has 0 unspecified atom stereocenters. The van der Waals surface area contributed by atoms with Crippen molar-refractivity contribution in [2.75, 3.05) is 27.2 Å². The first-order chi connectivity index (χ1) is 6.52. The van der Waals surface area contributed by atoms with Gasteiger partial charge in [-0.15, -0.1) is 0 Å². The third kappa shape index (κ3) is 3.97. The lowest BCUT2D eigenvalue weighted by molar-refractivity contribution is 0.175. The Morgan fingerprint density at radius 3 is 2.43 bits per heavy atom. The molecule has 0 bridgehead atoms. The number of carbonyl (C=O) groups excluding carboxylic acids is 1. The van der Waals surface area contributed by atoms with Crippen molar-refractivity contribution >= 4 is 11.9 Å². The highest BCUT2D eigenvalue weighted by atomic mass is 16.4. The zero-order chi connectivity index (χ0) is 11.1. The molecule has 82 valence electrons. The van der Waals surface area contributed by atoms with E-state index in [1.165, 1.54) is 4.90 Å². The van der Waals surface area contributed by atoms with Gasteiger partial charge in [-0.05, 0) is 6.92 Å². The molecule has 0 atom stereocenters. The van der Waals surface area contributed by atoms with Gasteiger partial charge in [0, 0.05) is 33.6 Å². The number of hydrogen-bond donors (Lipinski definition) is 2. The van der Waals surface area contributed by atoms with Gasteiger partial charge in [0.05, 0.1) is 0 Å². The van der Waals surface area contributed by atoms with Crippen molar-refractivity contribution in [3.63, 3.8) is 0 Å². The highest BCUT2D eigenvalue weighted by molar-refractivity contribution is 5.80. The van der Waals surface area contributed by atoms with Crippen molar-refractivity contribution in [3.05, 3.63) is 0 Å². The van der Waals surface area contributed by atoms with Crippen LogP contribution < -0.4 is 5.73 Å². The van der Waals surface area contributed by atoms with Crippen molar-refractivity contribution in [1.82, 2.24) is 9.80 Å². The van der Waals surface area contributed by atoms with Gasteiger partial charge in [-0.3, -0.25) is 0 Å². The summed E-state index contributed by atoms with van der Waals surface area (Å²) in [6.07, 6.45) is 0.379. The van der Waals surface area contributed by atoms with Crippen LogP contribution >= 0.6 is 0 Å². The summed E-state index contributed by atoms with van der Waals surface area (Å²) in [6, 6.07) is -0.0711. The van der Waals surface area contributed by atoms with E-state index in [1.807, 2.05) is 6.92 Å². The SMILES string of the molecule is CCN(CCC(N)=NO)C(=O)N(C)C. The summed E-state index contributed by atoms with van der Waals surface area (Å²) >= 11 is 0. The standard InChI is InChI=1S/C8H18N4O2/c1-4-12(8(13)11(2)3)6-5-7(9)10-14/h14H,4-6H2,1-3H3,(H2,9,10). The molecule has 0 saturated heterocycles. The second-order valence-corrected chi connectivity index (χ2v) is 3.10. The molecule has 6 heteroatoms. The van der Waals surface area contributed by atoms with Crippen molar-refractivity contribution in [3.8, 4) is 0 Å². The number of rotatable bonds is 4. The molecule has 0 aliphatic rings. The maximum atomic E-state index is 11.5. The van der Waals surface area contributed by atoms with Crippen molar-refractivity contribution in [2.24, 2.45) is 10.9 Å². The van der Waals surface area contributed by atoms with E-state index in [9.17, 15) is 4.79 Å². The number of hydrogen-bond acceptors (Lipinski definition) is 3. The van der Waals surface area contributed by atoms with Crippen molar-refractivity contribution in [2.45, 2.75) is 13.3 Å². The number of nitrogens with two attached hydrogens (primary N) is 1. The van der Waals surface area contributed by atoms with Gasteiger partial charge < -0.3 is 20.7 Å². The summed E-state index contributed by atoms with van der Waals surface area (Å²) in [4.78, 5) is 14.6. The maximum absolute atomic E-state index is 11.5. The highest BCUT2D eigenvalue weighted by Crippen LogP contribution is 1.96. The minimum Gasteiger partial charge on any atom is -0.409 e. The summed E-state index contributed by atoms with van der Waals surface area (Å²) < 4.78 is 0. The molecule has 0 spiro atoms. The summed E-state index contributed by atoms with van der Waals surface area (Å²) in [5.74, 6) is 0.134. The summed E-state index contributed by atoms with van der Waals surface area (Å²) in [6.45, 7) is 2.95. The number of oxime groups is 1. The zero-order valence-electron chi connectivity index (χ0n) is 8.90. The predicted octanol–water partition coefficient (Wildman–Crippen LogP) is 0.126. The van der Waals surface area contributed by atoms with E-state index < -0.39 is 0 Å². The second-order valence-electron chi connectivity index (χ2n) is 3.10. The molecule has 0 fully saturated rings. The molecule has 0 aliphatic carbocycles. The van der Waals surface area contributed by atoms with Gasteiger partial charge in [-0.25, -0.2) is 4.79 Å². The zero-order valence-corrected chi connectivity index (χ0v) is 8.90. The topological polar surface area (TPSA) is 82.2 Å². The Kier molecular flexibility index (Phi) is 5.43. The first-order valence-electron chi connectivity index (χ1n) is 4.45. The van der Waals surface area contributed by atoms with Gasteiger partial charge in [0.2, 0.25) is 0 Å². The maximum Gasteiger partial charge on any atom is 0.319 e. The Balaban J connectivity index is 4.10. The smallest absolute Gasteiger partial charge is 0.319 e. The van der Waals surface area contributed by atoms with E-state index in [-0.39, 0.29) is 11.9 Å². The first-order valence-corrected chi connectivity index (χ1v) is 4.45. The molecule has 0 aliphatic heterocycles. The van der Waals surface area contributed by atoms with Gasteiger partial charge in [0.25, 0.3) is 0 Å². The molecular formula is C8H18N4O2. The van der Waals surface area contributed by atoms with E-state index in [2.05, 4.69) is 5.16 Å². The first kappa shape index (κ1) is 12.5. The number of amidine groups is 1. The monoisotopic (exact) mass is 202 g/mol. The number of urea groups is 1. The molecule has 0 heterocycles. The van der Waals surface area contributed by atoms with Crippen LogP contribution in [0.1, 0.15) is 13.3 Å². The van der Waals surface area contributed by atoms with E-state index in [0.29, 0.717) is 19.5 Å². The molecular weight excluding hydrogens is 184 g/mol. The van der Waals surface area contributed by atoms with Gasteiger partial charge >= 0.3 is 6.03 Å². The van der Waals surface area contributed by atoms with E-state index in [0.717, 1.165) is 0 Å². The van der Waals surface area contributed by atoms with Gasteiger partial charge in [-0.1, -0.05) is 5.16 Å². The van der Waals surface area contributed by atoms with Crippen molar-refractivity contribution < 1.29 is 10.0 Å². The summed E-state index contributed by atoms with van der Waals surface area (Å²) in [7, 11) is 3.38. The molecule has 0 aromatic heterocycles. The highest BCUT2D eigenvalue weighted by Gasteiger charge is 2.13. The van der Waals surface area contributed by atoms with E-state index in [4.69, 9.17) is 10.9 Å². The summed E-state index contributed by atoms with van der Waals surface area (Å²) in [5.41, 5.74) is 5.30. The number of amides is 2. The average Bonchev–Trinajstić information content (AvgIpc) is 2.17. The minimum absolute atomic E-state index is 0.0711. The van der Waals surface area contributed by atoms with Gasteiger partial charge in [-0.2, -0.15) is 0 Å². The van der Waals surface area contributed by atoms with Crippen LogP contribution in [0.3, 0.4) is 0 Å². The summed E-state index contributed by atoms with van der Waals surface area (Å²) in [5, 5.41) is 11.2. The predicted molar refractivity (Wildman–Crippen MR) is 54.4 cm³/mol. The van der Waals surface area contributed by atoms with Crippen LogP contribution in [0.2, 0.25) is 0 Å². The molecule has 2 amide bonds. The Morgan fingerprint density at radius 1 is 1.50 bits per heavy atom. The van der Waals surface area contributed by atoms with Crippen LogP contribution in [0.4, 0.5) is 4.79 Å². The molecule has 0 radical (unpaired) electrons. The second kappa shape index (κ2) is 6.06. The lowest BCUT2D eigenvalue weighted by Gasteiger charge is -2.24. The Morgan fingerprint density at radius 2 is 2.07 bits per heavy atom. The van der Waals surface area contributed by atoms with Crippen LogP contribution in [0.15, 0.2) is 5.16 Å². The van der Waals surface area contributed by atoms with E-state index >= 15 is 0 Å². The lowest BCUT2D eigenvalue weighted by atomic mass is 10.3. The Hall–Kier alpha value is -1.46. The van der Waals surface area contributed by atoms with Crippen LogP contribution in [0.5, 0.6) is 0 Å². The molecule has 3 N–H and O–H groups in total. The third-order valence-electron chi connectivity index (χ3n) is 1.80. The third-order valence-corrected chi connectivity index (χ3v) is 1.80. The molecule has 0 aromatic carbocycles. The van der Waals surface area contributed by atoms with Crippen LogP contribution in [-0.4, -0.2) is 54.1 Å². The molecule has 14 heavy (non-hydrogen) atoms. The molecule has 0 aromatic rings. The van der Waals surface area contributed by atoms with Crippen LogP contribution in [0.25, 0.3) is 0 Å². The van der Waals surface area contributed by atoms with Gasteiger partial charge in [0.1, 0.15) is 5.84 Å². The fraction of sp³-hybridized carbons (Fsp3) is 0.750. The number of carbonyl (C=O) groups is 1. The normalized spacial score (nSPS) is 11.2. The van der Waals surface area contributed by atoms with Crippen molar-refractivity contribution in [1.29, 1.82) is 0 Å². The molecule has 0 saturated carbocycles. The average molecular weight is 202 g/mol. The molecule has 0 rings (SSSR count). The number of nitrogens with zero attached hydrogens (tertiary/aromatic N) is 3. The Bertz CT molecular complexity index is 215. The fourth-order valence-electron chi connectivity index (χ4n) is 0.971. The quantitative estimate of drug-likeness (QED) is 0.294. The van der Waals surface area contributed by atoms with Crippen LogP contribution in [-0.2, 0) is 0 Å². The largest absolute Gasteiger partial charge is 0.409 e. The Labute approximate surface area is 84.0 Å².